The van der Waals surface area contributed by atoms with E-state index in [-0.39, 0.29) is 39.1 Å². The fraction of sp³-hybridized carbons (Fsp3) is 0.851. The van der Waals surface area contributed by atoms with Gasteiger partial charge in [0.2, 0.25) is 0 Å². The Labute approximate surface area is 334 Å². The third-order valence-corrected chi connectivity index (χ3v) is 20.3. The van der Waals surface area contributed by atoms with Crippen LogP contribution in [0.1, 0.15) is 158 Å². The molecule has 0 aromatic rings. The van der Waals surface area contributed by atoms with Crippen molar-refractivity contribution in [1.29, 1.82) is 0 Å². The summed E-state index contributed by atoms with van der Waals surface area (Å²) in [6.45, 7) is 24.8. The topological polar surface area (TPSA) is 124 Å². The van der Waals surface area contributed by atoms with Gasteiger partial charge in [-0.05, 0) is 186 Å². The van der Waals surface area contributed by atoms with Crippen LogP contribution in [0.2, 0.25) is 0 Å². The van der Waals surface area contributed by atoms with Gasteiger partial charge in [-0.2, -0.15) is 0 Å². The summed E-state index contributed by atoms with van der Waals surface area (Å²) in [5.74, 6) is 1.81. The zero-order valence-electron chi connectivity index (χ0n) is 36.0. The molecule has 0 saturated heterocycles. The Balaban J connectivity index is 1.22. The lowest BCUT2D eigenvalue weighted by Gasteiger charge is -2.71. The van der Waals surface area contributed by atoms with E-state index in [1.165, 1.54) is 61.5 Å². The number of hydrogen-bond acceptors (Lipinski definition) is 6. The quantitative estimate of drug-likeness (QED) is 0.154. The summed E-state index contributed by atoms with van der Waals surface area (Å²) in [4.78, 5) is 12.1. The van der Waals surface area contributed by atoms with Gasteiger partial charge in [-0.3, -0.25) is 4.79 Å². The lowest BCUT2D eigenvalue weighted by atomic mass is 9.34. The van der Waals surface area contributed by atoms with Gasteiger partial charge in [-0.1, -0.05) is 65.8 Å². The molecule has 0 unspecified atom stereocenters. The molecule has 4 N–H and O–H groups in total. The van der Waals surface area contributed by atoms with Crippen molar-refractivity contribution in [3.8, 4) is 0 Å². The average molecular weight is 784 g/mol. The minimum Gasteiger partial charge on any atom is -0.481 e. The highest BCUT2D eigenvalue weighted by molar-refractivity contribution is 7.91. The molecule has 0 aromatic carbocycles. The highest BCUT2D eigenvalue weighted by Gasteiger charge is 2.69. The van der Waals surface area contributed by atoms with E-state index >= 15 is 0 Å². The molecule has 0 radical (unpaired) electrons. The van der Waals surface area contributed by atoms with Crippen LogP contribution in [0.25, 0.3) is 0 Å². The molecule has 9 atom stereocenters. The fourth-order valence-electron chi connectivity index (χ4n) is 15.3. The summed E-state index contributed by atoms with van der Waals surface area (Å²) >= 11 is 0. The molecule has 7 nitrogen and oxygen atoms in total. The molecule has 0 heterocycles. The number of carboxylic acids is 1. The lowest BCUT2D eigenvalue weighted by Crippen LogP contribution is -2.67. The Hall–Kier alpha value is -1.48. The molecular weight excluding hydrogens is 707 g/mol. The normalized spacial score (nSPS) is 43.5. The number of allylic oxidation sites excluding steroid dienone is 5. The molecule has 8 heteroatoms. The first-order valence-corrected chi connectivity index (χ1v) is 23.9. The molecule has 0 aliphatic heterocycles. The molecule has 0 amide bonds. The van der Waals surface area contributed by atoms with E-state index in [4.69, 9.17) is 0 Å². The van der Waals surface area contributed by atoms with Crippen molar-refractivity contribution in [1.82, 2.24) is 5.32 Å². The second kappa shape index (κ2) is 14.7. The van der Waals surface area contributed by atoms with Gasteiger partial charge >= 0.3 is 5.97 Å². The van der Waals surface area contributed by atoms with Crippen LogP contribution in [-0.2, 0) is 14.6 Å². The number of nitrogens with one attached hydrogen (secondary N) is 1. The van der Waals surface area contributed by atoms with Gasteiger partial charge in [0.05, 0.1) is 22.9 Å². The Kier molecular flexibility index (Phi) is 11.5. The number of rotatable bonds is 11. The van der Waals surface area contributed by atoms with E-state index in [9.17, 15) is 28.5 Å². The highest BCUT2D eigenvalue weighted by atomic mass is 32.2. The SMILES string of the molecule is C=C(C)[C@@H]1CC[C@]2(NCCC3(O)CCC(S(C)(=O)=O)CC3)CC[C@]3(C)[C@H](CC[C@@H]4C(C)(C)[C@H](C(C)(C)/C(=C\C)C5=CC[C@@](CO)(C(=O)O)CC5)CC[C@]43C)[C@@H]12. The Morgan fingerprint density at radius 2 is 1.64 bits per heavy atom. The van der Waals surface area contributed by atoms with Crippen molar-refractivity contribution in [2.45, 2.75) is 175 Å². The first-order chi connectivity index (χ1) is 25.5. The Morgan fingerprint density at radius 3 is 2.18 bits per heavy atom. The number of aliphatic hydroxyl groups excluding tert-OH is 1. The van der Waals surface area contributed by atoms with Gasteiger partial charge in [0.15, 0.2) is 0 Å². The summed E-state index contributed by atoms with van der Waals surface area (Å²) in [7, 11) is -3.07. The number of fused-ring (bicyclic) bond motifs is 5. The van der Waals surface area contributed by atoms with E-state index in [1.54, 1.807) is 0 Å². The second-order valence-corrected chi connectivity index (χ2v) is 24.0. The predicted molar refractivity (Wildman–Crippen MR) is 223 cm³/mol. The van der Waals surface area contributed by atoms with Crippen molar-refractivity contribution >= 4 is 15.8 Å². The predicted octanol–water partition coefficient (Wildman–Crippen LogP) is 9.44. The zero-order chi connectivity index (χ0) is 40.6. The summed E-state index contributed by atoms with van der Waals surface area (Å²) in [6, 6.07) is 0. The monoisotopic (exact) mass is 784 g/mol. The van der Waals surface area contributed by atoms with E-state index in [0.29, 0.717) is 81.0 Å². The maximum Gasteiger partial charge on any atom is 0.312 e. The van der Waals surface area contributed by atoms with Gasteiger partial charge in [-0.15, -0.1) is 0 Å². The third kappa shape index (κ3) is 6.99. The average Bonchev–Trinajstić information content (AvgIpc) is 3.48. The van der Waals surface area contributed by atoms with Crippen LogP contribution < -0.4 is 5.32 Å². The summed E-state index contributed by atoms with van der Waals surface area (Å²) in [5, 5.41) is 35.4. The maximum atomic E-state index is 12.2. The highest BCUT2D eigenvalue weighted by Crippen LogP contribution is 2.75. The van der Waals surface area contributed by atoms with E-state index in [0.717, 1.165) is 19.4 Å². The summed E-state index contributed by atoms with van der Waals surface area (Å²) < 4.78 is 24.4. The van der Waals surface area contributed by atoms with Crippen LogP contribution in [0.3, 0.4) is 0 Å². The molecular formula is C47H77NO6S. The van der Waals surface area contributed by atoms with Crippen LogP contribution in [0.4, 0.5) is 0 Å². The number of sulfone groups is 1. The van der Waals surface area contributed by atoms with Gasteiger partial charge < -0.3 is 20.6 Å². The van der Waals surface area contributed by atoms with Gasteiger partial charge in [0.1, 0.15) is 9.84 Å². The van der Waals surface area contributed by atoms with E-state index in [2.05, 4.69) is 79.4 Å². The number of hydrogen-bond donors (Lipinski definition) is 4. The van der Waals surface area contributed by atoms with E-state index in [1.807, 2.05) is 0 Å². The number of carboxylic acid groups (broad SMARTS) is 1. The minimum atomic E-state index is -3.07. The van der Waals surface area contributed by atoms with Crippen LogP contribution in [0, 0.1) is 56.7 Å². The van der Waals surface area contributed by atoms with E-state index < -0.39 is 26.8 Å². The van der Waals surface area contributed by atoms with Crippen molar-refractivity contribution in [3.05, 3.63) is 35.5 Å². The molecule has 0 bridgehead atoms. The molecule has 0 spiro atoms. The first kappa shape index (κ1) is 43.1. The van der Waals surface area contributed by atoms with Crippen molar-refractivity contribution in [2.75, 3.05) is 19.4 Å². The van der Waals surface area contributed by atoms with Gasteiger partial charge in [0.25, 0.3) is 0 Å². The van der Waals surface area contributed by atoms with Gasteiger partial charge in [0, 0.05) is 11.8 Å². The molecule has 6 aliphatic carbocycles. The molecule has 5 fully saturated rings. The summed E-state index contributed by atoms with van der Waals surface area (Å²) in [6.07, 6.45) is 19.8. The van der Waals surface area contributed by atoms with Crippen LogP contribution >= 0.6 is 0 Å². The standard InChI is InChI=1S/C47H77NO6S/c1-11-35(32-14-21-45(30-49,22-15-32)40(50)51)41(4,5)37-19-20-44(9)38(42(37,6)7)13-12-36-39-34(31(2)3)18-25-47(39,27-26-43(36,44)8)48-29-28-46(52)23-16-33(17-24-46)55(10,53)54/h11,14,33-34,36-39,48-49,52H,2,12-13,15-30H2,1,3-10H3,(H,50,51)/b35-11-/t33?,34-,36+,37-,38+,39+,43+,44+,45+,46?,47-/m0/s1. The third-order valence-electron chi connectivity index (χ3n) is 18.6. The second-order valence-electron chi connectivity index (χ2n) is 21.7. The number of aliphatic carboxylic acids is 1. The lowest BCUT2D eigenvalue weighted by molar-refractivity contribution is -0.215. The smallest absolute Gasteiger partial charge is 0.312 e. The molecule has 312 valence electrons. The summed E-state index contributed by atoms with van der Waals surface area (Å²) in [5.41, 5.74) is 2.59. The van der Waals surface area contributed by atoms with Crippen LogP contribution in [-0.4, -0.2) is 65.5 Å². The van der Waals surface area contributed by atoms with Crippen molar-refractivity contribution < 1.29 is 28.5 Å². The van der Waals surface area contributed by atoms with Gasteiger partial charge in [-0.25, -0.2) is 8.42 Å². The van der Waals surface area contributed by atoms with Crippen LogP contribution in [0.5, 0.6) is 0 Å². The maximum absolute atomic E-state index is 12.2. The van der Waals surface area contributed by atoms with Crippen molar-refractivity contribution in [2.24, 2.45) is 56.7 Å². The molecule has 6 aliphatic rings. The largest absolute Gasteiger partial charge is 0.481 e. The zero-order valence-corrected chi connectivity index (χ0v) is 36.8. The minimum absolute atomic E-state index is 0.0504. The molecule has 55 heavy (non-hydrogen) atoms. The fourth-order valence-corrected chi connectivity index (χ4v) is 16.4. The Morgan fingerprint density at radius 1 is 0.964 bits per heavy atom. The molecule has 0 aromatic heterocycles. The molecule has 5 saturated carbocycles. The Bertz CT molecular complexity index is 1670. The number of aliphatic hydroxyl groups is 2. The van der Waals surface area contributed by atoms with Crippen molar-refractivity contribution in [3.63, 3.8) is 0 Å². The van der Waals surface area contributed by atoms with Crippen LogP contribution in [0.15, 0.2) is 35.5 Å². The first-order valence-electron chi connectivity index (χ1n) is 22.0. The number of carbonyl (C=O) groups is 1. The molecule has 6 rings (SSSR count).